The molecule has 1 aliphatic heterocycles. The number of rotatable bonds is 7. The number of anilines is 2. The smallest absolute Gasteiger partial charge is 0.345 e. The van der Waals surface area contributed by atoms with Crippen LogP contribution < -0.4 is 10.6 Å². The largest absolute Gasteiger partial charge is 0.394 e. The number of aliphatic hydroxyl groups excluding tert-OH is 3. The SMILES string of the molecule is O=C(Nc1cnn(-c2nc(NC3CCCC3)c3ncn([C@@H]4O[C@H](CO)C(O)C4O)c3n2)c1)S(=O)(=O)c1ccccc1Cl. The summed E-state index contributed by atoms with van der Waals surface area (Å²) in [6.45, 7) is -0.496. The molecule has 1 saturated carbocycles. The van der Waals surface area contributed by atoms with Crippen LogP contribution in [-0.4, -0.2) is 89.2 Å². The molecule has 1 aliphatic carbocycles. The summed E-state index contributed by atoms with van der Waals surface area (Å²) in [4.78, 5) is 26.0. The number of benzene rings is 1. The van der Waals surface area contributed by atoms with E-state index >= 15 is 0 Å². The Kier molecular flexibility index (Phi) is 7.59. The third kappa shape index (κ3) is 5.10. The van der Waals surface area contributed by atoms with Crippen LogP contribution in [0.3, 0.4) is 0 Å². The lowest BCUT2D eigenvalue weighted by Gasteiger charge is -2.18. The maximum atomic E-state index is 12.8. The lowest BCUT2D eigenvalue weighted by molar-refractivity contribution is -0.0511. The Labute approximate surface area is 244 Å². The van der Waals surface area contributed by atoms with Gasteiger partial charge in [-0.15, -0.1) is 0 Å². The second-order valence-electron chi connectivity index (χ2n) is 10.1. The molecule has 2 aliphatic rings. The summed E-state index contributed by atoms with van der Waals surface area (Å²) in [5.41, 5.74) is 0.689. The van der Waals surface area contributed by atoms with Crippen molar-refractivity contribution < 1.29 is 33.3 Å². The van der Waals surface area contributed by atoms with E-state index in [9.17, 15) is 28.5 Å². The Morgan fingerprint density at radius 3 is 2.62 bits per heavy atom. The van der Waals surface area contributed by atoms with E-state index < -0.39 is 46.2 Å². The molecule has 0 bridgehead atoms. The van der Waals surface area contributed by atoms with Crippen LogP contribution in [0.25, 0.3) is 17.1 Å². The highest BCUT2D eigenvalue weighted by Crippen LogP contribution is 2.33. The van der Waals surface area contributed by atoms with E-state index in [0.29, 0.717) is 11.3 Å². The molecule has 4 atom stereocenters. The van der Waals surface area contributed by atoms with Crippen LogP contribution in [0.4, 0.5) is 16.3 Å². The molecule has 1 amide bonds. The molecule has 4 aromatic rings. The first-order valence-corrected chi connectivity index (χ1v) is 15.0. The summed E-state index contributed by atoms with van der Waals surface area (Å²) >= 11 is 5.99. The minimum atomic E-state index is -4.44. The number of fused-ring (bicyclic) bond motifs is 1. The van der Waals surface area contributed by atoms with Crippen LogP contribution >= 0.6 is 11.6 Å². The van der Waals surface area contributed by atoms with E-state index in [2.05, 4.69) is 30.7 Å². The molecule has 6 rings (SSSR count). The molecule has 222 valence electrons. The highest BCUT2D eigenvalue weighted by Gasteiger charge is 2.44. The Hall–Kier alpha value is -3.67. The van der Waals surface area contributed by atoms with Crippen molar-refractivity contribution in [1.82, 2.24) is 29.3 Å². The maximum Gasteiger partial charge on any atom is 0.345 e. The van der Waals surface area contributed by atoms with Crippen LogP contribution in [0.1, 0.15) is 31.9 Å². The van der Waals surface area contributed by atoms with Gasteiger partial charge in [-0.05, 0) is 25.0 Å². The highest BCUT2D eigenvalue weighted by molar-refractivity contribution is 8.06. The number of hydrogen-bond donors (Lipinski definition) is 5. The van der Waals surface area contributed by atoms with Crippen molar-refractivity contribution in [2.45, 2.75) is 61.2 Å². The summed E-state index contributed by atoms with van der Waals surface area (Å²) in [6, 6.07) is 5.76. The van der Waals surface area contributed by atoms with Gasteiger partial charge in [0.1, 0.15) is 18.3 Å². The average molecular weight is 619 g/mol. The molecular formula is C25H27ClN8O7S. The third-order valence-corrected chi connectivity index (χ3v) is 9.27. The summed E-state index contributed by atoms with van der Waals surface area (Å²) in [6.07, 6.45) is 3.20. The lowest BCUT2D eigenvalue weighted by atomic mass is 10.1. The van der Waals surface area contributed by atoms with Gasteiger partial charge in [0.05, 0.1) is 40.9 Å². The van der Waals surface area contributed by atoms with Crippen LogP contribution in [0.2, 0.25) is 5.02 Å². The van der Waals surface area contributed by atoms with Crippen molar-refractivity contribution in [3.05, 3.63) is 48.0 Å². The van der Waals surface area contributed by atoms with Crippen molar-refractivity contribution in [1.29, 1.82) is 0 Å². The topological polar surface area (TPSA) is 207 Å². The van der Waals surface area contributed by atoms with Crippen molar-refractivity contribution in [2.75, 3.05) is 17.2 Å². The maximum absolute atomic E-state index is 12.8. The van der Waals surface area contributed by atoms with Gasteiger partial charge in [-0.2, -0.15) is 15.1 Å². The number of amides is 1. The monoisotopic (exact) mass is 618 g/mol. The van der Waals surface area contributed by atoms with Crippen molar-refractivity contribution >= 4 is 49.3 Å². The fraction of sp³-hybridized carbons (Fsp3) is 0.400. The molecule has 0 radical (unpaired) electrons. The van der Waals surface area contributed by atoms with Gasteiger partial charge in [0.25, 0.3) is 15.8 Å². The number of sulfone groups is 1. The summed E-state index contributed by atoms with van der Waals surface area (Å²) in [5.74, 6) is 0.445. The molecule has 17 heteroatoms. The molecule has 42 heavy (non-hydrogen) atoms. The van der Waals surface area contributed by atoms with Crippen molar-refractivity contribution in [2.24, 2.45) is 0 Å². The van der Waals surface area contributed by atoms with Crippen LogP contribution in [0.15, 0.2) is 47.9 Å². The van der Waals surface area contributed by atoms with Gasteiger partial charge in [-0.25, -0.2) is 18.1 Å². The molecule has 2 fully saturated rings. The Bertz CT molecular complexity index is 1740. The summed E-state index contributed by atoms with van der Waals surface area (Å²) in [5, 5.41) is 39.0. The van der Waals surface area contributed by atoms with Gasteiger partial charge < -0.3 is 30.7 Å². The van der Waals surface area contributed by atoms with Gasteiger partial charge in [-0.1, -0.05) is 36.6 Å². The predicted molar refractivity (Wildman–Crippen MR) is 149 cm³/mol. The van der Waals surface area contributed by atoms with E-state index in [1.165, 1.54) is 46.2 Å². The van der Waals surface area contributed by atoms with Crippen LogP contribution in [0, 0.1) is 0 Å². The number of hydrogen-bond acceptors (Lipinski definition) is 12. The molecule has 3 aromatic heterocycles. The molecular weight excluding hydrogens is 592 g/mol. The Balaban J connectivity index is 1.34. The second-order valence-corrected chi connectivity index (χ2v) is 12.3. The number of imidazole rings is 1. The number of aliphatic hydroxyl groups is 3. The standard InChI is InChI=1S/C25H27ClN8O7S/c26-15-7-3-4-8-17(15)42(39,40)25(38)30-14-9-28-34(10-14)24-31-21(29-13-5-1-2-6-13)18-22(32-24)33(12-27-18)23-20(37)19(36)16(11-35)41-23/h3-4,7-10,12-13,16,19-20,23,35-37H,1-2,5-6,11H2,(H,30,38)(H,29,31,32)/t16-,19?,20?,23-/m1/s1. The minimum absolute atomic E-state index is 0.0472. The number of carbonyl (C=O) groups excluding carboxylic acids is 1. The number of nitrogens with one attached hydrogen (secondary N) is 2. The molecule has 15 nitrogen and oxygen atoms in total. The fourth-order valence-corrected chi connectivity index (χ4v) is 6.59. The van der Waals surface area contributed by atoms with Gasteiger partial charge in [0, 0.05) is 6.04 Å². The first-order valence-electron chi connectivity index (χ1n) is 13.2. The second kappa shape index (κ2) is 11.2. The predicted octanol–water partition coefficient (Wildman–Crippen LogP) is 1.64. The molecule has 1 aromatic carbocycles. The highest BCUT2D eigenvalue weighted by atomic mass is 35.5. The average Bonchev–Trinajstić information content (AvgIpc) is 3.78. The van der Waals surface area contributed by atoms with Crippen molar-refractivity contribution in [3.8, 4) is 5.95 Å². The molecule has 1 saturated heterocycles. The van der Waals surface area contributed by atoms with Gasteiger partial charge in [0.2, 0.25) is 0 Å². The number of ether oxygens (including phenoxy) is 1. The number of carbonyl (C=O) groups is 1. The van der Waals surface area contributed by atoms with E-state index in [0.717, 1.165) is 25.7 Å². The molecule has 4 heterocycles. The van der Waals surface area contributed by atoms with Crippen LogP contribution in [-0.2, 0) is 14.6 Å². The van der Waals surface area contributed by atoms with Crippen LogP contribution in [0.5, 0.6) is 0 Å². The molecule has 5 N–H and O–H groups in total. The zero-order valence-corrected chi connectivity index (χ0v) is 23.5. The summed E-state index contributed by atoms with van der Waals surface area (Å²) in [7, 11) is -4.44. The van der Waals surface area contributed by atoms with E-state index in [-0.39, 0.29) is 33.2 Å². The zero-order valence-electron chi connectivity index (χ0n) is 21.9. The first-order chi connectivity index (χ1) is 20.2. The molecule has 2 unspecified atom stereocenters. The summed E-state index contributed by atoms with van der Waals surface area (Å²) < 4.78 is 33.9. The van der Waals surface area contributed by atoms with Gasteiger partial charge in [0.15, 0.2) is 23.2 Å². The van der Waals surface area contributed by atoms with E-state index in [4.69, 9.17) is 16.3 Å². The normalized spacial score (nSPS) is 23.0. The lowest BCUT2D eigenvalue weighted by Crippen LogP contribution is -2.33. The number of nitrogens with zero attached hydrogens (tertiary/aromatic N) is 6. The number of aromatic nitrogens is 6. The quantitative estimate of drug-likeness (QED) is 0.200. The Morgan fingerprint density at radius 2 is 1.90 bits per heavy atom. The van der Waals surface area contributed by atoms with Crippen molar-refractivity contribution in [3.63, 3.8) is 0 Å². The fourth-order valence-electron chi connectivity index (χ4n) is 5.11. The zero-order chi connectivity index (χ0) is 29.6. The van der Waals surface area contributed by atoms with Gasteiger partial charge >= 0.3 is 5.24 Å². The number of halogens is 1. The first kappa shape index (κ1) is 28.4. The third-order valence-electron chi connectivity index (χ3n) is 7.30. The Morgan fingerprint density at radius 1 is 1.14 bits per heavy atom. The molecule has 0 spiro atoms. The minimum Gasteiger partial charge on any atom is -0.394 e. The van der Waals surface area contributed by atoms with E-state index in [1.807, 2.05) is 0 Å². The van der Waals surface area contributed by atoms with Gasteiger partial charge in [-0.3, -0.25) is 9.36 Å². The van der Waals surface area contributed by atoms with E-state index in [1.54, 1.807) is 6.07 Å².